The number of hydrogen-bond donors (Lipinski definition) is 0. The molecule has 0 atom stereocenters. The molecule has 0 saturated carbocycles. The van der Waals surface area contributed by atoms with E-state index < -0.39 is 0 Å². The van der Waals surface area contributed by atoms with Crippen molar-refractivity contribution in [2.45, 2.75) is 19.3 Å². The first kappa shape index (κ1) is 18.1. The van der Waals surface area contributed by atoms with Crippen LogP contribution in [0.2, 0.25) is 5.02 Å². The normalized spacial score (nSPS) is 15.9. The first-order valence-corrected chi connectivity index (χ1v) is 7.31. The zero-order valence-corrected chi connectivity index (χ0v) is 14.0. The van der Waals surface area contributed by atoms with Crippen LogP contribution >= 0.6 is 24.0 Å². The smallest absolute Gasteiger partial charge is 0.128 e. The van der Waals surface area contributed by atoms with Crippen LogP contribution in [-0.4, -0.2) is 44.5 Å². The van der Waals surface area contributed by atoms with Gasteiger partial charge in [0, 0.05) is 17.1 Å². The molecule has 21 heavy (non-hydrogen) atoms. The highest BCUT2D eigenvalue weighted by Gasteiger charge is 2.16. The van der Waals surface area contributed by atoms with E-state index in [1.54, 1.807) is 0 Å². The Kier molecular flexibility index (Phi) is 7.86. The first-order chi connectivity index (χ1) is 9.66. The van der Waals surface area contributed by atoms with E-state index in [1.807, 2.05) is 32.3 Å². The standard InChI is InChI=1S/C15H21ClN2O2.ClH/c1-18(2)8-4-10-20-17-14-5-3-9-19-15-7-6-12(16)11-13(14)15;/h6-7,11H,3-5,8-10H2,1-2H3;1H/b17-14-;. The zero-order valence-electron chi connectivity index (χ0n) is 12.5. The van der Waals surface area contributed by atoms with Crippen molar-refractivity contribution >= 4 is 29.7 Å². The minimum atomic E-state index is 0. The number of rotatable bonds is 5. The van der Waals surface area contributed by atoms with Crippen LogP contribution in [0, 0.1) is 0 Å². The maximum atomic E-state index is 6.06. The molecule has 0 aromatic heterocycles. The summed E-state index contributed by atoms with van der Waals surface area (Å²) < 4.78 is 5.69. The fourth-order valence-electron chi connectivity index (χ4n) is 2.07. The summed E-state index contributed by atoms with van der Waals surface area (Å²) >= 11 is 6.06. The van der Waals surface area contributed by atoms with E-state index in [4.69, 9.17) is 21.2 Å². The van der Waals surface area contributed by atoms with Crippen LogP contribution in [0.5, 0.6) is 5.75 Å². The van der Waals surface area contributed by atoms with Crippen molar-refractivity contribution < 1.29 is 9.57 Å². The predicted molar refractivity (Wildman–Crippen MR) is 89.1 cm³/mol. The molecule has 1 aliphatic rings. The van der Waals surface area contributed by atoms with Gasteiger partial charge in [-0.2, -0.15) is 0 Å². The van der Waals surface area contributed by atoms with Gasteiger partial charge in [0.05, 0.1) is 12.3 Å². The van der Waals surface area contributed by atoms with Crippen molar-refractivity contribution in [3.8, 4) is 5.75 Å². The Morgan fingerprint density at radius 3 is 2.95 bits per heavy atom. The Morgan fingerprint density at radius 1 is 1.38 bits per heavy atom. The molecule has 1 aromatic carbocycles. The van der Waals surface area contributed by atoms with Gasteiger partial charge in [0.15, 0.2) is 0 Å². The zero-order chi connectivity index (χ0) is 14.4. The molecule has 1 aliphatic heterocycles. The molecule has 0 saturated heterocycles. The molecule has 2 rings (SSSR count). The molecule has 118 valence electrons. The summed E-state index contributed by atoms with van der Waals surface area (Å²) in [5.41, 5.74) is 1.87. The third-order valence-corrected chi connectivity index (χ3v) is 3.32. The second kappa shape index (κ2) is 9.13. The molecule has 0 unspecified atom stereocenters. The van der Waals surface area contributed by atoms with E-state index >= 15 is 0 Å². The third-order valence-electron chi connectivity index (χ3n) is 3.08. The molecule has 0 amide bonds. The summed E-state index contributed by atoms with van der Waals surface area (Å²) in [5, 5.41) is 4.97. The fourth-order valence-corrected chi connectivity index (χ4v) is 2.25. The van der Waals surface area contributed by atoms with Gasteiger partial charge in [0.25, 0.3) is 0 Å². The monoisotopic (exact) mass is 332 g/mol. The highest BCUT2D eigenvalue weighted by molar-refractivity contribution is 6.31. The van der Waals surface area contributed by atoms with Crippen molar-refractivity contribution in [2.75, 3.05) is 33.9 Å². The van der Waals surface area contributed by atoms with Gasteiger partial charge in [-0.15, -0.1) is 12.4 Å². The molecule has 4 nitrogen and oxygen atoms in total. The van der Waals surface area contributed by atoms with E-state index in [0.29, 0.717) is 18.2 Å². The molecule has 1 heterocycles. The van der Waals surface area contributed by atoms with Crippen molar-refractivity contribution in [1.29, 1.82) is 0 Å². The minimum absolute atomic E-state index is 0. The number of ether oxygens (including phenoxy) is 1. The van der Waals surface area contributed by atoms with Crippen molar-refractivity contribution in [1.82, 2.24) is 4.90 Å². The molecule has 0 aliphatic carbocycles. The Labute approximate surface area is 137 Å². The number of nitrogens with zero attached hydrogens (tertiary/aromatic N) is 2. The summed E-state index contributed by atoms with van der Waals surface area (Å²) in [6.07, 6.45) is 2.75. The van der Waals surface area contributed by atoms with Crippen LogP contribution in [0.4, 0.5) is 0 Å². The number of oxime groups is 1. The molecule has 0 fully saturated rings. The van der Waals surface area contributed by atoms with E-state index in [9.17, 15) is 0 Å². The highest BCUT2D eigenvalue weighted by atomic mass is 35.5. The molecule has 0 spiro atoms. The highest BCUT2D eigenvalue weighted by Crippen LogP contribution is 2.27. The largest absolute Gasteiger partial charge is 0.493 e. The van der Waals surface area contributed by atoms with Gasteiger partial charge in [-0.1, -0.05) is 16.8 Å². The van der Waals surface area contributed by atoms with E-state index in [0.717, 1.165) is 42.8 Å². The summed E-state index contributed by atoms with van der Waals surface area (Å²) in [5.74, 6) is 0.836. The lowest BCUT2D eigenvalue weighted by molar-refractivity contribution is 0.134. The van der Waals surface area contributed by atoms with E-state index in [-0.39, 0.29) is 12.4 Å². The molecule has 0 N–H and O–H groups in total. The van der Waals surface area contributed by atoms with Gasteiger partial charge in [-0.3, -0.25) is 0 Å². The van der Waals surface area contributed by atoms with E-state index in [2.05, 4.69) is 10.1 Å². The second-order valence-electron chi connectivity index (χ2n) is 5.12. The predicted octanol–water partition coefficient (Wildman–Crippen LogP) is 3.61. The molecular formula is C15H22Cl2N2O2. The van der Waals surface area contributed by atoms with E-state index in [1.165, 1.54) is 0 Å². The fraction of sp³-hybridized carbons (Fsp3) is 0.533. The number of halogens is 2. The van der Waals surface area contributed by atoms with Crippen molar-refractivity contribution in [2.24, 2.45) is 5.16 Å². The maximum absolute atomic E-state index is 6.06. The lowest BCUT2D eigenvalue weighted by Gasteiger charge is -2.10. The Balaban J connectivity index is 0.00000220. The van der Waals surface area contributed by atoms with Crippen molar-refractivity contribution in [3.63, 3.8) is 0 Å². The third kappa shape index (κ3) is 5.73. The van der Waals surface area contributed by atoms with Crippen LogP contribution in [0.1, 0.15) is 24.8 Å². The van der Waals surface area contributed by atoms with Gasteiger partial charge in [-0.25, -0.2) is 0 Å². The van der Waals surface area contributed by atoms with Gasteiger partial charge in [-0.05, 0) is 51.6 Å². The number of fused-ring (bicyclic) bond motifs is 1. The SMILES string of the molecule is CN(C)CCCO/N=C1/CCCOc2ccc(Cl)cc21.Cl. The number of benzene rings is 1. The molecular weight excluding hydrogens is 311 g/mol. The van der Waals surface area contributed by atoms with Gasteiger partial charge in [0.2, 0.25) is 0 Å². The molecule has 1 aromatic rings. The summed E-state index contributed by atoms with van der Waals surface area (Å²) in [6.45, 7) is 2.32. The lowest BCUT2D eigenvalue weighted by Crippen LogP contribution is -2.14. The second-order valence-corrected chi connectivity index (χ2v) is 5.56. The summed E-state index contributed by atoms with van der Waals surface area (Å²) in [6, 6.07) is 5.62. The lowest BCUT2D eigenvalue weighted by atomic mass is 10.1. The van der Waals surface area contributed by atoms with Crippen LogP contribution in [-0.2, 0) is 4.84 Å². The van der Waals surface area contributed by atoms with Crippen LogP contribution < -0.4 is 4.74 Å². The minimum Gasteiger partial charge on any atom is -0.493 e. The van der Waals surface area contributed by atoms with Gasteiger partial charge < -0.3 is 14.5 Å². The average molecular weight is 333 g/mol. The Bertz CT molecular complexity index is 479. The summed E-state index contributed by atoms with van der Waals surface area (Å²) in [7, 11) is 4.10. The molecule has 0 bridgehead atoms. The first-order valence-electron chi connectivity index (χ1n) is 6.93. The Morgan fingerprint density at radius 2 is 2.19 bits per heavy atom. The van der Waals surface area contributed by atoms with Crippen LogP contribution in [0.15, 0.2) is 23.4 Å². The molecule has 0 radical (unpaired) electrons. The van der Waals surface area contributed by atoms with Crippen LogP contribution in [0.3, 0.4) is 0 Å². The molecule has 6 heteroatoms. The van der Waals surface area contributed by atoms with Crippen LogP contribution in [0.25, 0.3) is 0 Å². The topological polar surface area (TPSA) is 34.1 Å². The van der Waals surface area contributed by atoms with Gasteiger partial charge >= 0.3 is 0 Å². The average Bonchev–Trinajstić information content (AvgIpc) is 2.60. The summed E-state index contributed by atoms with van der Waals surface area (Å²) in [4.78, 5) is 7.57. The Hall–Kier alpha value is -0.970. The number of hydrogen-bond acceptors (Lipinski definition) is 4. The quantitative estimate of drug-likeness (QED) is 0.610. The maximum Gasteiger partial charge on any atom is 0.128 e. The van der Waals surface area contributed by atoms with Crippen molar-refractivity contribution in [3.05, 3.63) is 28.8 Å². The van der Waals surface area contributed by atoms with Gasteiger partial charge in [0.1, 0.15) is 12.4 Å².